The minimum Gasteiger partial charge on any atom is -0.395 e. The highest BCUT2D eigenvalue weighted by Crippen LogP contribution is 2.26. The number of halogens is 2. The topological polar surface area (TPSA) is 43.7 Å². The molecule has 3 atom stereocenters. The van der Waals surface area contributed by atoms with Crippen LogP contribution < -0.4 is 0 Å². The Morgan fingerprint density at radius 2 is 1.95 bits per heavy atom. The summed E-state index contributed by atoms with van der Waals surface area (Å²) in [5.74, 6) is -0.923. The molecule has 112 valence electrons. The van der Waals surface area contributed by atoms with E-state index in [1.165, 1.54) is 0 Å². The minimum atomic E-state index is -0.893. The predicted octanol–water partition coefficient (Wildman–Crippen LogP) is 2.09. The fraction of sp³-hybridized carbons (Fsp3) is 0.600. The lowest BCUT2D eigenvalue weighted by molar-refractivity contribution is 0.106. The van der Waals surface area contributed by atoms with Gasteiger partial charge in [-0.3, -0.25) is 4.90 Å². The van der Waals surface area contributed by atoms with E-state index in [1.54, 1.807) is 0 Å². The Kier molecular flexibility index (Phi) is 5.07. The van der Waals surface area contributed by atoms with Gasteiger partial charge in [-0.25, -0.2) is 8.78 Å². The van der Waals surface area contributed by atoms with E-state index in [0.29, 0.717) is 18.9 Å². The average molecular weight is 285 g/mol. The molecule has 1 fully saturated rings. The first-order valence-electron chi connectivity index (χ1n) is 7.00. The van der Waals surface area contributed by atoms with Crippen molar-refractivity contribution >= 4 is 0 Å². The van der Waals surface area contributed by atoms with Crippen molar-refractivity contribution in [3.8, 4) is 0 Å². The molecule has 0 bridgehead atoms. The molecular formula is C15H21F2NO2. The summed E-state index contributed by atoms with van der Waals surface area (Å²) >= 11 is 0. The Hall–Kier alpha value is -1.04. The monoisotopic (exact) mass is 285 g/mol. The molecule has 5 heteroatoms. The first-order valence-corrected chi connectivity index (χ1v) is 7.00. The van der Waals surface area contributed by atoms with Gasteiger partial charge in [0.15, 0.2) is 0 Å². The van der Waals surface area contributed by atoms with Crippen molar-refractivity contribution in [2.75, 3.05) is 19.7 Å². The van der Waals surface area contributed by atoms with Gasteiger partial charge in [-0.2, -0.15) is 0 Å². The van der Waals surface area contributed by atoms with Gasteiger partial charge in [0.1, 0.15) is 11.6 Å². The SMILES string of the molecule is CC1CCN(CCC(O)c2cc(F)cc(F)c2)C1CO. The molecule has 0 radical (unpaired) electrons. The number of aliphatic hydroxyl groups is 2. The van der Waals surface area contributed by atoms with Crippen LogP contribution in [0.15, 0.2) is 18.2 Å². The number of nitrogens with zero attached hydrogens (tertiary/aromatic N) is 1. The maximum atomic E-state index is 13.1. The highest BCUT2D eigenvalue weighted by atomic mass is 19.1. The van der Waals surface area contributed by atoms with Crippen LogP contribution in [0.25, 0.3) is 0 Å². The summed E-state index contributed by atoms with van der Waals surface area (Å²) in [6.07, 6.45) is 0.526. The molecule has 0 aromatic heterocycles. The van der Waals surface area contributed by atoms with Gasteiger partial charge in [-0.05, 0) is 43.0 Å². The molecule has 1 aliphatic heterocycles. The summed E-state index contributed by atoms with van der Waals surface area (Å²) < 4.78 is 26.2. The van der Waals surface area contributed by atoms with Crippen LogP contribution >= 0.6 is 0 Å². The zero-order chi connectivity index (χ0) is 14.7. The molecule has 1 aromatic carbocycles. The molecule has 0 spiro atoms. The highest BCUT2D eigenvalue weighted by Gasteiger charge is 2.30. The second kappa shape index (κ2) is 6.61. The molecule has 0 saturated carbocycles. The molecule has 1 heterocycles. The Morgan fingerprint density at radius 3 is 2.55 bits per heavy atom. The number of hydrogen-bond acceptors (Lipinski definition) is 3. The van der Waals surface area contributed by atoms with Crippen LogP contribution in [0, 0.1) is 17.6 Å². The van der Waals surface area contributed by atoms with Gasteiger partial charge in [0.2, 0.25) is 0 Å². The van der Waals surface area contributed by atoms with Crippen molar-refractivity contribution in [2.45, 2.75) is 31.9 Å². The normalized spacial score (nSPS) is 25.1. The van der Waals surface area contributed by atoms with Gasteiger partial charge < -0.3 is 10.2 Å². The van der Waals surface area contributed by atoms with Gasteiger partial charge in [-0.1, -0.05) is 6.92 Å². The molecule has 1 aromatic rings. The van der Waals surface area contributed by atoms with E-state index >= 15 is 0 Å². The van der Waals surface area contributed by atoms with Gasteiger partial charge >= 0.3 is 0 Å². The standard InChI is InChI=1S/C15H21F2NO2/c1-10-2-4-18(14(10)9-19)5-3-15(20)11-6-12(16)8-13(17)7-11/h6-8,10,14-15,19-20H,2-5,9H2,1H3. The van der Waals surface area contributed by atoms with E-state index in [4.69, 9.17) is 0 Å². The van der Waals surface area contributed by atoms with Gasteiger partial charge in [0.05, 0.1) is 12.7 Å². The van der Waals surface area contributed by atoms with Crippen LogP contribution in [0.2, 0.25) is 0 Å². The van der Waals surface area contributed by atoms with Crippen LogP contribution in [0.3, 0.4) is 0 Å². The molecule has 1 aliphatic rings. The van der Waals surface area contributed by atoms with Gasteiger partial charge in [0.25, 0.3) is 0 Å². The lowest BCUT2D eigenvalue weighted by Crippen LogP contribution is -2.36. The summed E-state index contributed by atoms with van der Waals surface area (Å²) in [6, 6.07) is 3.22. The Balaban J connectivity index is 1.93. The smallest absolute Gasteiger partial charge is 0.126 e. The van der Waals surface area contributed by atoms with E-state index in [1.807, 2.05) is 0 Å². The van der Waals surface area contributed by atoms with E-state index in [2.05, 4.69) is 11.8 Å². The van der Waals surface area contributed by atoms with Crippen LogP contribution in [-0.4, -0.2) is 40.9 Å². The molecular weight excluding hydrogens is 264 g/mol. The van der Waals surface area contributed by atoms with Crippen molar-refractivity contribution in [1.82, 2.24) is 4.90 Å². The second-order valence-electron chi connectivity index (χ2n) is 5.56. The van der Waals surface area contributed by atoms with E-state index in [0.717, 1.165) is 31.2 Å². The lowest BCUT2D eigenvalue weighted by Gasteiger charge is -2.26. The van der Waals surface area contributed by atoms with Crippen molar-refractivity contribution in [1.29, 1.82) is 0 Å². The molecule has 2 rings (SSSR count). The fourth-order valence-electron chi connectivity index (χ4n) is 2.88. The number of rotatable bonds is 5. The van der Waals surface area contributed by atoms with Crippen LogP contribution in [0.4, 0.5) is 8.78 Å². The summed E-state index contributed by atoms with van der Waals surface area (Å²) in [7, 11) is 0. The molecule has 3 unspecified atom stereocenters. The number of hydrogen-bond donors (Lipinski definition) is 2. The second-order valence-corrected chi connectivity index (χ2v) is 5.56. The van der Waals surface area contributed by atoms with Gasteiger partial charge in [0, 0.05) is 18.7 Å². The van der Waals surface area contributed by atoms with Crippen LogP contribution in [0.1, 0.15) is 31.4 Å². The van der Waals surface area contributed by atoms with Crippen molar-refractivity contribution < 1.29 is 19.0 Å². The van der Waals surface area contributed by atoms with E-state index in [9.17, 15) is 19.0 Å². The first kappa shape index (κ1) is 15.4. The Labute approximate surface area is 117 Å². The highest BCUT2D eigenvalue weighted by molar-refractivity contribution is 5.20. The van der Waals surface area contributed by atoms with Crippen molar-refractivity contribution in [2.24, 2.45) is 5.92 Å². The number of benzene rings is 1. The molecule has 0 aliphatic carbocycles. The predicted molar refractivity (Wildman–Crippen MR) is 72.2 cm³/mol. The van der Waals surface area contributed by atoms with E-state index in [-0.39, 0.29) is 18.2 Å². The molecule has 3 nitrogen and oxygen atoms in total. The zero-order valence-corrected chi connectivity index (χ0v) is 11.6. The summed E-state index contributed by atoms with van der Waals surface area (Å²) in [6.45, 7) is 3.69. The molecule has 0 amide bonds. The largest absolute Gasteiger partial charge is 0.395 e. The summed E-state index contributed by atoms with van der Waals surface area (Å²) in [5.41, 5.74) is 0.260. The lowest BCUT2D eigenvalue weighted by atomic mass is 10.0. The van der Waals surface area contributed by atoms with Crippen molar-refractivity contribution in [3.05, 3.63) is 35.4 Å². The zero-order valence-electron chi connectivity index (χ0n) is 11.6. The summed E-state index contributed by atoms with van der Waals surface area (Å²) in [5, 5.41) is 19.4. The third-order valence-electron chi connectivity index (χ3n) is 4.14. The number of likely N-dealkylation sites (tertiary alicyclic amines) is 1. The summed E-state index contributed by atoms with van der Waals surface area (Å²) in [4.78, 5) is 2.13. The molecule has 2 N–H and O–H groups in total. The first-order chi connectivity index (χ1) is 9.51. The average Bonchev–Trinajstić information content (AvgIpc) is 2.75. The molecule has 1 saturated heterocycles. The maximum absolute atomic E-state index is 13.1. The Morgan fingerprint density at radius 1 is 1.30 bits per heavy atom. The van der Waals surface area contributed by atoms with Gasteiger partial charge in [-0.15, -0.1) is 0 Å². The van der Waals surface area contributed by atoms with Crippen LogP contribution in [0.5, 0.6) is 0 Å². The molecule has 20 heavy (non-hydrogen) atoms. The maximum Gasteiger partial charge on any atom is 0.126 e. The third-order valence-corrected chi connectivity index (χ3v) is 4.14. The van der Waals surface area contributed by atoms with E-state index < -0.39 is 17.7 Å². The Bertz CT molecular complexity index is 435. The third kappa shape index (κ3) is 3.53. The quantitative estimate of drug-likeness (QED) is 0.870. The fourth-order valence-corrected chi connectivity index (χ4v) is 2.88. The minimum absolute atomic E-state index is 0.103. The van der Waals surface area contributed by atoms with Crippen LogP contribution in [-0.2, 0) is 0 Å². The number of aliphatic hydroxyl groups excluding tert-OH is 2. The van der Waals surface area contributed by atoms with Crippen molar-refractivity contribution in [3.63, 3.8) is 0 Å².